The molecule has 30 aliphatic rings. The molecule has 30 rings (SSSR count). The monoisotopic (exact) mass is 1320 g/mol. The summed E-state index contributed by atoms with van der Waals surface area (Å²) in [5.74, 6) is 0. The Hall–Kier alpha value is -2.25. The summed E-state index contributed by atoms with van der Waals surface area (Å²) in [5.41, 5.74) is 9.24. The van der Waals surface area contributed by atoms with E-state index in [1.54, 1.807) is 0 Å². The molecule has 30 saturated heterocycles. The third-order valence-electron chi connectivity index (χ3n) is 17.0. The zero-order chi connectivity index (χ0) is 65.5. The van der Waals surface area contributed by atoms with Gasteiger partial charge in [-0.15, -0.1) is 0 Å². The van der Waals surface area contributed by atoms with Crippen LogP contribution in [-0.4, -0.2) is 416 Å². The molecule has 0 amide bonds. The summed E-state index contributed by atoms with van der Waals surface area (Å²) in [5, 5.41) is 259. The molecule has 0 aromatic rings. The van der Waals surface area contributed by atoms with E-state index in [1.165, 1.54) is 0 Å². The highest BCUT2D eigenvalue weighted by molar-refractivity contribution is 5.03. The molecule has 42 heteroatoms. The van der Waals surface area contributed by atoms with E-state index in [9.17, 15) is 123 Å². The quantitative estimate of drug-likeness (QED) is 0.0579. The maximum absolute atomic E-state index is 11.5. The maximum atomic E-state index is 11.5. The van der Waals surface area contributed by atoms with E-state index in [1.807, 2.05) is 0 Å². The maximum Gasteiger partial charge on any atom is 0.187 e. The molecule has 40 atom stereocenters. The molecule has 30 heterocycles. The second-order valence-corrected chi connectivity index (χ2v) is 22.7. The third-order valence-corrected chi connectivity index (χ3v) is 17.0. The SMILES string of the molecule is [N-]=[N+]=NC[C@H]1O[C@@H]2O[C@H]3[C@@H](O)[C@H](O)[C@@H](O[C@H]4[C@@H](O)[C@H](O)[C@@H](O[C@H]5[C@H](O)[C@@H](O)[C@@H](O[C@H]6[C@@H](O)[C@H](O)[C@@H](O[C@H]7[C@H](O)[C@@H](O)[C@@H](O[C@H]8[C@H](O)[C@@H](O)[C@@H](O[C@H]9[C@H](O)[C@@H](O)[C@@H](O[C@H]1[C@H](O)[C@H]2O)O[C@@H]9CO)O[C@@H]8CO)O[C@@H]7CO)O[C@@H]6CO)O[C@@H]5CO)O[C@@H]4CO)O[C@@H]3CO. The molecule has 30 aliphatic heterocycles. The van der Waals surface area contributed by atoms with Crippen LogP contribution in [0.15, 0.2) is 5.11 Å². The van der Waals surface area contributed by atoms with Crippen LogP contribution in [0.1, 0.15) is 0 Å². The van der Waals surface area contributed by atoms with Gasteiger partial charge in [0.05, 0.1) is 58.9 Å². The molecule has 23 N–H and O–H groups in total. The number of ether oxygens (including phenoxy) is 16. The topological polar surface area (TPSA) is 662 Å². The molecule has 0 aromatic carbocycles. The Labute approximate surface area is 506 Å². The number of azide groups is 1. The highest BCUT2D eigenvalue weighted by Crippen LogP contribution is 2.40. The van der Waals surface area contributed by atoms with E-state index >= 15 is 0 Å². The first-order chi connectivity index (χ1) is 42.9. The minimum absolute atomic E-state index is 0.778. The molecule has 90 heavy (non-hydrogen) atoms. The average molecular weight is 1320 g/mol. The van der Waals surface area contributed by atoms with Gasteiger partial charge in [-0.25, -0.2) is 0 Å². The summed E-state index contributed by atoms with van der Waals surface area (Å²) in [6.07, 6.45) is -82.4. The molecular formula is C48H79N3O39. The Bertz CT molecular complexity index is 2280. The van der Waals surface area contributed by atoms with Crippen molar-refractivity contribution in [3.05, 3.63) is 10.4 Å². The average Bonchev–Trinajstić information content (AvgIpc) is 0.824. The van der Waals surface area contributed by atoms with Crippen molar-refractivity contribution >= 4 is 0 Å². The van der Waals surface area contributed by atoms with Gasteiger partial charge >= 0.3 is 0 Å². The Morgan fingerprint density at radius 1 is 0.211 bits per heavy atom. The van der Waals surface area contributed by atoms with Crippen molar-refractivity contribution < 1.29 is 193 Å². The first kappa shape index (κ1) is 72.0. The number of aliphatic hydroxyl groups excluding tert-OH is 23. The summed E-state index contributed by atoms with van der Waals surface area (Å²) >= 11 is 0. The Morgan fingerprint density at radius 3 is 0.478 bits per heavy atom. The summed E-state index contributed by atoms with van der Waals surface area (Å²) in [4.78, 5) is 2.64. The van der Waals surface area contributed by atoms with E-state index in [0.29, 0.717) is 0 Å². The van der Waals surface area contributed by atoms with Crippen LogP contribution in [0.25, 0.3) is 10.4 Å². The largest absolute Gasteiger partial charge is 0.394 e. The molecule has 42 nitrogen and oxygen atoms in total. The van der Waals surface area contributed by atoms with E-state index in [2.05, 4.69) is 10.0 Å². The van der Waals surface area contributed by atoms with E-state index in [0.717, 1.165) is 0 Å². The van der Waals surface area contributed by atoms with Crippen LogP contribution in [0.4, 0.5) is 0 Å². The molecule has 0 unspecified atom stereocenters. The Morgan fingerprint density at radius 2 is 0.344 bits per heavy atom. The standard InChI is InChI=1S/C48H79N3O39/c49-51-50-1-9-33-17(59)25(67)41(75-9)84-34-10(2-52)77-43(27(69)19(34)61)86-36-12(4-54)79-45(29(71)21(36)63)88-38-14(6-56)81-47(31(73)23(38)65)90-40-16(8-58)82-48(32(74)24(40)66)89-39-15(7-57)80-46(30(72)22(39)64)87-37-13(5-55)78-44(28(70)20(37)62)85-35-11(3-53)76-42(83-33)26(68)18(35)60/h9-48,52-74H,1-8H2/t9-,10-,11-,12-,13-,14-,15-,16-,17-,18-,19+,20-,21+,22-,23-,24+,25-,26-,27+,28-,29+,30-,31-,32+,33-,34-,35-,36-,37-,38-,39-,40-,41-,42-,43-,44-,45-,46-,47-,48-/m1/s1. The lowest BCUT2D eigenvalue weighted by atomic mass is 9.94. The lowest BCUT2D eigenvalue weighted by Crippen LogP contribution is -2.69. The fourth-order valence-corrected chi connectivity index (χ4v) is 12.0. The summed E-state index contributed by atoms with van der Waals surface area (Å²) < 4.78 is 91.5. The van der Waals surface area contributed by atoms with Gasteiger partial charge in [-0.2, -0.15) is 0 Å². The van der Waals surface area contributed by atoms with Crippen LogP contribution in [0.2, 0.25) is 0 Å². The molecule has 0 spiro atoms. The number of hydrogen-bond acceptors (Lipinski definition) is 40. The zero-order valence-corrected chi connectivity index (χ0v) is 46.9. The lowest BCUT2D eigenvalue weighted by Gasteiger charge is -2.50. The molecule has 0 saturated carbocycles. The summed E-state index contributed by atoms with van der Waals surface area (Å²) in [6.45, 7) is -8.40. The fraction of sp³-hybridized carbons (Fsp3) is 1.00. The lowest BCUT2D eigenvalue weighted by molar-refractivity contribution is -0.403. The Balaban J connectivity index is 0.986. The minimum Gasteiger partial charge on any atom is -0.394 e. The van der Waals surface area contributed by atoms with Gasteiger partial charge in [-0.1, -0.05) is 5.11 Å². The van der Waals surface area contributed by atoms with Gasteiger partial charge in [-0.3, -0.25) is 0 Å². The number of aliphatic hydroxyl groups is 23. The first-order valence-electron chi connectivity index (χ1n) is 28.5. The van der Waals surface area contributed by atoms with E-state index < -0.39 is 298 Å². The summed E-state index contributed by atoms with van der Waals surface area (Å²) in [7, 11) is 0. The van der Waals surface area contributed by atoms with Crippen molar-refractivity contribution in [3.63, 3.8) is 0 Å². The minimum atomic E-state index is -2.27. The van der Waals surface area contributed by atoms with Gasteiger partial charge in [0.1, 0.15) is 189 Å². The summed E-state index contributed by atoms with van der Waals surface area (Å²) in [6, 6.07) is 0. The number of nitrogens with zero attached hydrogens (tertiary/aromatic N) is 3. The predicted molar refractivity (Wildman–Crippen MR) is 268 cm³/mol. The van der Waals surface area contributed by atoms with Gasteiger partial charge < -0.3 is 193 Å². The van der Waals surface area contributed by atoms with Crippen LogP contribution >= 0.6 is 0 Å². The van der Waals surface area contributed by atoms with Crippen LogP contribution in [0, 0.1) is 0 Å². The zero-order valence-electron chi connectivity index (χ0n) is 46.9. The van der Waals surface area contributed by atoms with Crippen molar-refractivity contribution in [1.29, 1.82) is 0 Å². The van der Waals surface area contributed by atoms with Gasteiger partial charge in [0.15, 0.2) is 50.3 Å². The van der Waals surface area contributed by atoms with Crippen molar-refractivity contribution in [1.82, 2.24) is 0 Å². The van der Waals surface area contributed by atoms with Crippen LogP contribution < -0.4 is 0 Å². The molecule has 30 fully saturated rings. The van der Waals surface area contributed by atoms with Crippen molar-refractivity contribution in [2.24, 2.45) is 5.11 Å². The predicted octanol–water partition coefficient (Wildman–Crippen LogP) is -16.1. The second-order valence-electron chi connectivity index (χ2n) is 22.7. The molecule has 0 aromatic heterocycles. The normalized spacial score (nSPS) is 54.3. The van der Waals surface area contributed by atoms with Gasteiger partial charge in [0.25, 0.3) is 0 Å². The highest BCUT2D eigenvalue weighted by Gasteiger charge is 2.60. The number of rotatable bonds is 9. The third kappa shape index (κ3) is 14.3. The number of hydrogen-bond donors (Lipinski definition) is 23. The van der Waals surface area contributed by atoms with E-state index in [4.69, 9.17) is 75.8 Å². The first-order valence-corrected chi connectivity index (χ1v) is 28.5. The molecule has 0 radical (unpaired) electrons. The van der Waals surface area contributed by atoms with Gasteiger partial charge in [0, 0.05) is 4.91 Å². The van der Waals surface area contributed by atoms with Crippen LogP contribution in [0.5, 0.6) is 0 Å². The van der Waals surface area contributed by atoms with Gasteiger partial charge in [-0.05, 0) is 5.53 Å². The fourth-order valence-electron chi connectivity index (χ4n) is 12.0. The van der Waals surface area contributed by atoms with Crippen molar-refractivity contribution in [2.45, 2.75) is 246 Å². The van der Waals surface area contributed by atoms with Crippen LogP contribution in [0.3, 0.4) is 0 Å². The van der Waals surface area contributed by atoms with Crippen molar-refractivity contribution in [2.75, 3.05) is 52.8 Å². The highest BCUT2D eigenvalue weighted by atomic mass is 16.8. The molecule has 520 valence electrons. The Kier molecular flexibility index (Phi) is 24.7. The molecule has 0 aliphatic carbocycles. The van der Waals surface area contributed by atoms with Crippen LogP contribution in [-0.2, 0) is 75.8 Å². The smallest absolute Gasteiger partial charge is 0.187 e. The van der Waals surface area contributed by atoms with Crippen molar-refractivity contribution in [3.8, 4) is 0 Å². The molecular weight excluding hydrogens is 1240 g/mol. The van der Waals surface area contributed by atoms with Gasteiger partial charge in [0.2, 0.25) is 0 Å². The second kappa shape index (κ2) is 30.9. The molecule has 16 bridgehead atoms. The van der Waals surface area contributed by atoms with E-state index in [-0.39, 0.29) is 0 Å².